The van der Waals surface area contributed by atoms with E-state index in [9.17, 15) is 0 Å². The average molecular weight is 372 g/mol. The Morgan fingerprint density at radius 3 is 2.58 bits per heavy atom. The van der Waals surface area contributed by atoms with Crippen molar-refractivity contribution in [1.29, 1.82) is 0 Å². The maximum Gasteiger partial charge on any atom is 0.203 e. The predicted molar refractivity (Wildman–Crippen MR) is 105 cm³/mol. The molecule has 0 spiro atoms. The minimum atomic E-state index is 0.606. The second-order valence-electron chi connectivity index (χ2n) is 5.80. The number of benzene rings is 2. The molecule has 0 saturated heterocycles. The fourth-order valence-electron chi connectivity index (χ4n) is 2.74. The van der Waals surface area contributed by atoms with E-state index in [-0.39, 0.29) is 0 Å². The van der Waals surface area contributed by atoms with Crippen LogP contribution in [0.3, 0.4) is 0 Å². The van der Waals surface area contributed by atoms with Crippen molar-refractivity contribution >= 4 is 17.5 Å². The first-order valence-corrected chi connectivity index (χ1v) is 8.81. The van der Waals surface area contributed by atoms with Crippen LogP contribution in [-0.2, 0) is 13.6 Å². The van der Waals surface area contributed by atoms with Crippen LogP contribution in [-0.4, -0.2) is 23.3 Å². The molecule has 0 amide bonds. The van der Waals surface area contributed by atoms with E-state index in [4.69, 9.17) is 21.1 Å². The number of aromatic nitrogens is 2. The molecule has 5 nitrogen and oxygen atoms in total. The minimum absolute atomic E-state index is 0.606. The van der Waals surface area contributed by atoms with E-state index in [0.717, 1.165) is 39.3 Å². The summed E-state index contributed by atoms with van der Waals surface area (Å²) in [4.78, 5) is 4.48. The third kappa shape index (κ3) is 3.94. The van der Waals surface area contributed by atoms with Gasteiger partial charge in [-0.3, -0.25) is 0 Å². The number of rotatable bonds is 7. The first kappa shape index (κ1) is 18.1. The molecule has 3 aromatic rings. The third-order valence-corrected chi connectivity index (χ3v) is 4.36. The Balaban J connectivity index is 1.73. The summed E-state index contributed by atoms with van der Waals surface area (Å²) in [7, 11) is 3.63. The molecule has 1 heterocycles. The molecule has 0 saturated carbocycles. The number of nitrogens with zero attached hydrogens (tertiary/aromatic N) is 2. The van der Waals surface area contributed by atoms with Crippen LogP contribution in [0.15, 0.2) is 48.7 Å². The molecule has 6 heteroatoms. The fourth-order valence-corrected chi connectivity index (χ4v) is 2.87. The van der Waals surface area contributed by atoms with Gasteiger partial charge in [0, 0.05) is 18.6 Å². The van der Waals surface area contributed by atoms with Crippen LogP contribution in [0.2, 0.25) is 5.02 Å². The van der Waals surface area contributed by atoms with Gasteiger partial charge in [-0.2, -0.15) is 0 Å². The van der Waals surface area contributed by atoms with E-state index < -0.39 is 0 Å². The number of imidazole rings is 1. The molecular formula is C20H22ClN3O2. The van der Waals surface area contributed by atoms with Gasteiger partial charge in [-0.05, 0) is 42.3 Å². The van der Waals surface area contributed by atoms with Gasteiger partial charge < -0.3 is 19.4 Å². The molecule has 3 rings (SSSR count). The molecule has 0 bridgehead atoms. The molecule has 0 fully saturated rings. The molecular weight excluding hydrogens is 350 g/mol. The van der Waals surface area contributed by atoms with Crippen molar-refractivity contribution in [1.82, 2.24) is 9.55 Å². The molecule has 26 heavy (non-hydrogen) atoms. The van der Waals surface area contributed by atoms with E-state index in [2.05, 4.69) is 10.3 Å². The van der Waals surface area contributed by atoms with Gasteiger partial charge in [0.05, 0.1) is 25.6 Å². The molecule has 0 aliphatic heterocycles. The highest BCUT2D eigenvalue weighted by Gasteiger charge is 2.10. The second kappa shape index (κ2) is 8.15. The molecule has 0 aliphatic rings. The zero-order valence-corrected chi connectivity index (χ0v) is 15.9. The molecule has 0 aliphatic carbocycles. The van der Waals surface area contributed by atoms with Crippen LogP contribution in [0.25, 0.3) is 11.3 Å². The second-order valence-corrected chi connectivity index (χ2v) is 6.24. The van der Waals surface area contributed by atoms with Gasteiger partial charge in [0.1, 0.15) is 0 Å². The Kier molecular flexibility index (Phi) is 5.68. The van der Waals surface area contributed by atoms with Crippen molar-refractivity contribution < 1.29 is 9.47 Å². The van der Waals surface area contributed by atoms with Gasteiger partial charge >= 0.3 is 0 Å². The Labute approximate surface area is 158 Å². The number of anilines is 1. The number of methoxy groups -OCH3 is 1. The molecule has 2 aromatic carbocycles. The number of ether oxygens (including phenoxy) is 2. The Bertz CT molecular complexity index is 875. The molecule has 0 atom stereocenters. The summed E-state index contributed by atoms with van der Waals surface area (Å²) in [5.41, 5.74) is 3.18. The predicted octanol–water partition coefficient (Wildman–Crippen LogP) is 4.76. The van der Waals surface area contributed by atoms with Crippen LogP contribution < -0.4 is 14.8 Å². The molecule has 0 unspecified atom stereocenters. The van der Waals surface area contributed by atoms with E-state index in [1.54, 1.807) is 7.11 Å². The van der Waals surface area contributed by atoms with Gasteiger partial charge in [-0.25, -0.2) is 4.98 Å². The SMILES string of the molecule is CCOc1ccc(CNc2ncc(-c3ccc(Cl)cc3)n2C)cc1OC. The van der Waals surface area contributed by atoms with E-state index >= 15 is 0 Å². The van der Waals surface area contributed by atoms with Gasteiger partial charge in [0.2, 0.25) is 5.95 Å². The summed E-state index contributed by atoms with van der Waals surface area (Å²) in [5, 5.41) is 4.08. The summed E-state index contributed by atoms with van der Waals surface area (Å²) in [6.07, 6.45) is 1.85. The summed E-state index contributed by atoms with van der Waals surface area (Å²) < 4.78 is 13.0. The van der Waals surface area contributed by atoms with E-state index in [1.165, 1.54) is 0 Å². The average Bonchev–Trinajstić information content (AvgIpc) is 3.02. The van der Waals surface area contributed by atoms with Crippen molar-refractivity contribution in [2.45, 2.75) is 13.5 Å². The summed E-state index contributed by atoms with van der Waals surface area (Å²) in [6, 6.07) is 13.6. The molecule has 1 N–H and O–H groups in total. The maximum absolute atomic E-state index is 5.96. The van der Waals surface area contributed by atoms with Gasteiger partial charge in [-0.1, -0.05) is 29.8 Å². The normalized spacial score (nSPS) is 10.6. The van der Waals surface area contributed by atoms with Crippen molar-refractivity contribution in [3.05, 3.63) is 59.2 Å². The van der Waals surface area contributed by atoms with E-state index in [0.29, 0.717) is 13.2 Å². The molecule has 136 valence electrons. The maximum atomic E-state index is 5.96. The lowest BCUT2D eigenvalue weighted by Gasteiger charge is -2.12. The largest absolute Gasteiger partial charge is 0.493 e. The van der Waals surface area contributed by atoms with Crippen molar-refractivity contribution in [2.24, 2.45) is 7.05 Å². The third-order valence-electron chi connectivity index (χ3n) is 4.11. The topological polar surface area (TPSA) is 48.3 Å². The van der Waals surface area contributed by atoms with Crippen LogP contribution >= 0.6 is 11.6 Å². The Morgan fingerprint density at radius 1 is 1.12 bits per heavy atom. The lowest BCUT2D eigenvalue weighted by molar-refractivity contribution is 0.310. The lowest BCUT2D eigenvalue weighted by atomic mass is 10.2. The van der Waals surface area contributed by atoms with Gasteiger partial charge in [0.15, 0.2) is 11.5 Å². The first-order chi connectivity index (χ1) is 12.6. The Morgan fingerprint density at radius 2 is 1.88 bits per heavy atom. The summed E-state index contributed by atoms with van der Waals surface area (Å²) >= 11 is 5.96. The van der Waals surface area contributed by atoms with Crippen LogP contribution in [0.4, 0.5) is 5.95 Å². The van der Waals surface area contributed by atoms with Gasteiger partial charge in [-0.15, -0.1) is 0 Å². The van der Waals surface area contributed by atoms with Gasteiger partial charge in [0.25, 0.3) is 0 Å². The van der Waals surface area contributed by atoms with Crippen molar-refractivity contribution in [3.63, 3.8) is 0 Å². The quantitative estimate of drug-likeness (QED) is 0.650. The molecule has 1 aromatic heterocycles. The lowest BCUT2D eigenvalue weighted by Crippen LogP contribution is -2.06. The fraction of sp³-hybridized carbons (Fsp3) is 0.250. The van der Waals surface area contributed by atoms with Crippen molar-refractivity contribution in [2.75, 3.05) is 19.0 Å². The van der Waals surface area contributed by atoms with Crippen LogP contribution in [0.1, 0.15) is 12.5 Å². The standard InChI is InChI=1S/C20H22ClN3O2/c1-4-26-18-10-5-14(11-19(18)25-3)12-22-20-23-13-17(24(20)2)15-6-8-16(21)9-7-15/h5-11,13H,4,12H2,1-3H3,(H,22,23). The van der Waals surface area contributed by atoms with Crippen LogP contribution in [0, 0.1) is 0 Å². The summed E-state index contributed by atoms with van der Waals surface area (Å²) in [5.74, 6) is 2.27. The molecule has 0 radical (unpaired) electrons. The zero-order chi connectivity index (χ0) is 18.5. The number of hydrogen-bond donors (Lipinski definition) is 1. The smallest absolute Gasteiger partial charge is 0.203 e. The number of hydrogen-bond acceptors (Lipinski definition) is 4. The Hall–Kier alpha value is -2.66. The highest BCUT2D eigenvalue weighted by molar-refractivity contribution is 6.30. The number of halogens is 1. The monoisotopic (exact) mass is 371 g/mol. The number of nitrogens with one attached hydrogen (secondary N) is 1. The van der Waals surface area contributed by atoms with E-state index in [1.807, 2.05) is 67.2 Å². The van der Waals surface area contributed by atoms with Crippen LogP contribution in [0.5, 0.6) is 11.5 Å². The summed E-state index contributed by atoms with van der Waals surface area (Å²) in [6.45, 7) is 3.19. The first-order valence-electron chi connectivity index (χ1n) is 8.43. The van der Waals surface area contributed by atoms with Crippen molar-refractivity contribution in [3.8, 4) is 22.8 Å². The zero-order valence-electron chi connectivity index (χ0n) is 15.1. The highest BCUT2D eigenvalue weighted by atomic mass is 35.5. The minimum Gasteiger partial charge on any atom is -0.493 e. The highest BCUT2D eigenvalue weighted by Crippen LogP contribution is 2.29.